The minimum Gasteiger partial charge on any atom is -0.451 e. The summed E-state index contributed by atoms with van der Waals surface area (Å²) in [5.74, 6) is -1.55. The number of esters is 1. The number of nitrogens with one attached hydrogen (secondary N) is 1. The highest BCUT2D eigenvalue weighted by atomic mass is 79.9. The second kappa shape index (κ2) is 7.34. The summed E-state index contributed by atoms with van der Waals surface area (Å²) in [5.41, 5.74) is 0.795. The van der Waals surface area contributed by atoms with Gasteiger partial charge in [0.05, 0.1) is 3.79 Å². The van der Waals surface area contributed by atoms with Crippen LogP contribution in [0.5, 0.6) is 0 Å². The Balaban J connectivity index is 1.89. The number of hydrogen-bond donors (Lipinski definition) is 1. The molecular formula is C14H10Br2FNO3S. The van der Waals surface area contributed by atoms with Gasteiger partial charge in [0.2, 0.25) is 0 Å². The number of thiophene rings is 1. The topological polar surface area (TPSA) is 55.4 Å². The molecule has 0 unspecified atom stereocenters. The van der Waals surface area contributed by atoms with Crippen LogP contribution < -0.4 is 5.32 Å². The smallest absolute Gasteiger partial charge is 0.348 e. The SMILES string of the molecule is Cc1ccc(NC(=O)COC(=O)c2cc(Br)c(Br)s2)cc1F. The van der Waals surface area contributed by atoms with Gasteiger partial charge in [0, 0.05) is 10.2 Å². The highest BCUT2D eigenvalue weighted by molar-refractivity contribution is 9.13. The molecular weight excluding hydrogens is 441 g/mol. The summed E-state index contributed by atoms with van der Waals surface area (Å²) in [6.07, 6.45) is 0. The number of carbonyl (C=O) groups excluding carboxylic acids is 2. The standard InChI is InChI=1S/C14H10Br2FNO3S/c1-7-2-3-8(4-10(7)17)18-12(19)6-21-14(20)11-5-9(15)13(16)22-11/h2-5H,6H2,1H3,(H,18,19). The molecule has 1 amide bonds. The zero-order valence-electron chi connectivity index (χ0n) is 11.3. The minimum atomic E-state index is -0.596. The molecule has 0 radical (unpaired) electrons. The first kappa shape index (κ1) is 17.1. The fourth-order valence-corrected chi connectivity index (χ4v) is 3.45. The average molecular weight is 451 g/mol. The lowest BCUT2D eigenvalue weighted by molar-refractivity contribution is -0.119. The van der Waals surface area contributed by atoms with E-state index >= 15 is 0 Å². The van der Waals surface area contributed by atoms with Crippen LogP contribution in [0.2, 0.25) is 0 Å². The molecule has 0 aliphatic rings. The highest BCUT2D eigenvalue weighted by Gasteiger charge is 2.15. The Morgan fingerprint density at radius 1 is 1.32 bits per heavy atom. The van der Waals surface area contributed by atoms with Crippen molar-refractivity contribution in [1.82, 2.24) is 0 Å². The molecule has 22 heavy (non-hydrogen) atoms. The number of halogens is 3. The van der Waals surface area contributed by atoms with Gasteiger partial charge in [-0.3, -0.25) is 4.79 Å². The van der Waals surface area contributed by atoms with Crippen molar-refractivity contribution in [3.63, 3.8) is 0 Å². The Morgan fingerprint density at radius 2 is 2.05 bits per heavy atom. The summed E-state index contributed by atoms with van der Waals surface area (Å²) >= 11 is 7.73. The molecule has 0 atom stereocenters. The van der Waals surface area contributed by atoms with Gasteiger partial charge >= 0.3 is 5.97 Å². The normalized spacial score (nSPS) is 10.4. The van der Waals surface area contributed by atoms with Crippen LogP contribution in [0.4, 0.5) is 10.1 Å². The van der Waals surface area contributed by atoms with Crippen molar-refractivity contribution in [3.8, 4) is 0 Å². The molecule has 0 aliphatic heterocycles. The summed E-state index contributed by atoms with van der Waals surface area (Å²) in [6.45, 7) is 1.18. The van der Waals surface area contributed by atoms with Crippen LogP contribution in [-0.4, -0.2) is 18.5 Å². The maximum atomic E-state index is 13.4. The molecule has 8 heteroatoms. The van der Waals surface area contributed by atoms with E-state index in [4.69, 9.17) is 4.74 Å². The van der Waals surface area contributed by atoms with Gasteiger partial charge in [0.1, 0.15) is 10.7 Å². The zero-order valence-corrected chi connectivity index (χ0v) is 15.3. The Morgan fingerprint density at radius 3 is 2.64 bits per heavy atom. The lowest BCUT2D eigenvalue weighted by atomic mass is 10.2. The van der Waals surface area contributed by atoms with E-state index in [1.54, 1.807) is 25.1 Å². The largest absolute Gasteiger partial charge is 0.451 e. The minimum absolute atomic E-state index is 0.311. The van der Waals surface area contributed by atoms with Crippen LogP contribution >= 0.6 is 43.2 Å². The molecule has 2 aromatic rings. The van der Waals surface area contributed by atoms with Crippen LogP contribution in [0.25, 0.3) is 0 Å². The van der Waals surface area contributed by atoms with Crippen molar-refractivity contribution in [3.05, 3.63) is 48.8 Å². The molecule has 1 aromatic carbocycles. The molecule has 0 saturated carbocycles. The van der Waals surface area contributed by atoms with Crippen molar-refractivity contribution < 1.29 is 18.7 Å². The molecule has 4 nitrogen and oxygen atoms in total. The Bertz CT molecular complexity index is 713. The van der Waals surface area contributed by atoms with Crippen LogP contribution in [0.3, 0.4) is 0 Å². The van der Waals surface area contributed by atoms with Crippen molar-refractivity contribution in [1.29, 1.82) is 0 Å². The van der Waals surface area contributed by atoms with Gasteiger partial charge in [-0.15, -0.1) is 11.3 Å². The quantitative estimate of drug-likeness (QED) is 0.697. The number of rotatable bonds is 4. The Labute approximate surface area is 146 Å². The van der Waals surface area contributed by atoms with Crippen molar-refractivity contribution in [2.24, 2.45) is 0 Å². The molecule has 0 spiro atoms. The third-order valence-corrected chi connectivity index (χ3v) is 5.87. The maximum Gasteiger partial charge on any atom is 0.348 e. The maximum absolute atomic E-state index is 13.4. The number of benzene rings is 1. The second-order valence-corrected chi connectivity index (χ2v) is 7.54. The molecule has 116 valence electrons. The molecule has 1 heterocycles. The van der Waals surface area contributed by atoms with E-state index in [2.05, 4.69) is 37.2 Å². The predicted molar refractivity (Wildman–Crippen MR) is 89.8 cm³/mol. The molecule has 0 bridgehead atoms. The first-order chi connectivity index (χ1) is 10.4. The fourth-order valence-electron chi connectivity index (χ4n) is 1.52. The molecule has 0 fully saturated rings. The van der Waals surface area contributed by atoms with E-state index < -0.39 is 24.3 Å². The van der Waals surface area contributed by atoms with Crippen molar-refractivity contribution >= 4 is 60.8 Å². The van der Waals surface area contributed by atoms with Crippen LogP contribution in [-0.2, 0) is 9.53 Å². The second-order valence-electron chi connectivity index (χ2n) is 4.32. The van der Waals surface area contributed by atoms with E-state index in [1.165, 1.54) is 17.4 Å². The van der Waals surface area contributed by atoms with Crippen molar-refractivity contribution in [2.75, 3.05) is 11.9 Å². The molecule has 1 N–H and O–H groups in total. The van der Waals surface area contributed by atoms with Gasteiger partial charge in [-0.25, -0.2) is 9.18 Å². The molecule has 1 aromatic heterocycles. The number of hydrogen-bond acceptors (Lipinski definition) is 4. The lowest BCUT2D eigenvalue weighted by Gasteiger charge is -2.06. The average Bonchev–Trinajstić information content (AvgIpc) is 2.80. The van der Waals surface area contributed by atoms with Gasteiger partial charge in [0.25, 0.3) is 5.91 Å². The summed E-state index contributed by atoms with van der Waals surface area (Å²) in [6, 6.07) is 5.94. The summed E-state index contributed by atoms with van der Waals surface area (Å²) in [5, 5.41) is 2.46. The van der Waals surface area contributed by atoms with Gasteiger partial charge < -0.3 is 10.1 Å². The van der Waals surface area contributed by atoms with E-state index in [-0.39, 0.29) is 0 Å². The fraction of sp³-hybridized carbons (Fsp3) is 0.143. The van der Waals surface area contributed by atoms with Crippen LogP contribution in [0.15, 0.2) is 32.5 Å². The Hall–Kier alpha value is -1.25. The first-order valence-corrected chi connectivity index (χ1v) is 8.45. The van der Waals surface area contributed by atoms with Gasteiger partial charge in [0.15, 0.2) is 6.61 Å². The van der Waals surface area contributed by atoms with Crippen LogP contribution in [0, 0.1) is 12.7 Å². The van der Waals surface area contributed by atoms with Gasteiger partial charge in [-0.2, -0.15) is 0 Å². The van der Waals surface area contributed by atoms with E-state index in [1.807, 2.05) is 0 Å². The third kappa shape index (κ3) is 4.37. The summed E-state index contributed by atoms with van der Waals surface area (Å²) in [7, 11) is 0. The molecule has 0 aliphatic carbocycles. The van der Waals surface area contributed by atoms with Gasteiger partial charge in [-0.1, -0.05) is 6.07 Å². The number of ether oxygens (including phenoxy) is 1. The van der Waals surface area contributed by atoms with E-state index in [9.17, 15) is 14.0 Å². The predicted octanol–water partition coefficient (Wildman–Crippen LogP) is 4.52. The van der Waals surface area contributed by atoms with Crippen molar-refractivity contribution in [2.45, 2.75) is 6.92 Å². The van der Waals surface area contributed by atoms with E-state index in [0.29, 0.717) is 16.1 Å². The van der Waals surface area contributed by atoms with E-state index in [0.717, 1.165) is 8.26 Å². The Kier molecular flexibility index (Phi) is 5.71. The summed E-state index contributed by atoms with van der Waals surface area (Å²) < 4.78 is 19.8. The number of anilines is 1. The summed E-state index contributed by atoms with van der Waals surface area (Å²) in [4.78, 5) is 23.8. The van der Waals surface area contributed by atoms with Crippen LogP contribution in [0.1, 0.15) is 15.2 Å². The monoisotopic (exact) mass is 449 g/mol. The first-order valence-electron chi connectivity index (χ1n) is 6.05. The molecule has 0 saturated heterocycles. The lowest BCUT2D eigenvalue weighted by Crippen LogP contribution is -2.20. The van der Waals surface area contributed by atoms with Gasteiger partial charge in [-0.05, 0) is 62.5 Å². The zero-order chi connectivity index (χ0) is 16.3. The number of amides is 1. The number of carbonyl (C=O) groups is 2. The third-order valence-electron chi connectivity index (χ3n) is 2.64. The molecule has 2 rings (SSSR count). The number of aryl methyl sites for hydroxylation is 1. The highest BCUT2D eigenvalue weighted by Crippen LogP contribution is 2.32.